The number of nitrogens with zero attached hydrogens (tertiary/aromatic N) is 10. The van der Waals surface area contributed by atoms with Gasteiger partial charge < -0.3 is 51.2 Å². The van der Waals surface area contributed by atoms with Gasteiger partial charge in [0, 0.05) is 26.2 Å². The number of amides is 4. The lowest BCUT2D eigenvalue weighted by molar-refractivity contribution is -0.141. The Labute approximate surface area is 409 Å². The van der Waals surface area contributed by atoms with E-state index in [9.17, 15) is 19.2 Å². The summed E-state index contributed by atoms with van der Waals surface area (Å²) < 4.78 is 15.4. The molecule has 2 aromatic carbocycles. The minimum atomic E-state index is -1.00. The number of aromatic nitrogens is 8. The predicted molar refractivity (Wildman–Crippen MR) is 260 cm³/mol. The van der Waals surface area contributed by atoms with Crippen molar-refractivity contribution in [3.05, 3.63) is 71.8 Å². The SMILES string of the molecule is CN[C@@H](C)C(=O)N[C@H](C(=O)N1CCC[C@H]1Cn1nnnc1NCc1ccccc1)[C@@H](C)OCC#CC#CCO[C@H](C)[C@H](NC(=O)[C@H](C)NC)C(=O)N1CCC[C@H]1Cn1nnnc1NCc1ccccc1. The van der Waals surface area contributed by atoms with E-state index in [2.05, 4.69) is 86.6 Å². The van der Waals surface area contributed by atoms with E-state index in [1.165, 1.54) is 0 Å². The molecule has 8 atom stereocenters. The number of hydrogen-bond donors (Lipinski definition) is 6. The van der Waals surface area contributed by atoms with Gasteiger partial charge in [0.15, 0.2) is 0 Å². The Morgan fingerprint density at radius 2 is 1.03 bits per heavy atom. The van der Waals surface area contributed by atoms with Crippen molar-refractivity contribution in [3.63, 3.8) is 0 Å². The first kappa shape index (κ1) is 52.4. The maximum absolute atomic E-state index is 14.3. The second-order valence-corrected chi connectivity index (χ2v) is 17.3. The molecule has 22 heteroatoms. The molecule has 2 aliphatic heterocycles. The van der Waals surface area contributed by atoms with Gasteiger partial charge in [-0.25, -0.2) is 9.36 Å². The summed E-state index contributed by atoms with van der Waals surface area (Å²) in [5.41, 5.74) is 2.15. The molecular formula is C48H66N16O6. The van der Waals surface area contributed by atoms with E-state index in [4.69, 9.17) is 9.47 Å². The lowest BCUT2D eigenvalue weighted by Crippen LogP contribution is -2.58. The summed E-state index contributed by atoms with van der Waals surface area (Å²) in [7, 11) is 3.34. The highest BCUT2D eigenvalue weighted by atomic mass is 16.5. The van der Waals surface area contributed by atoms with Gasteiger partial charge in [0.2, 0.25) is 35.5 Å². The molecule has 0 unspecified atom stereocenters. The second-order valence-electron chi connectivity index (χ2n) is 17.3. The minimum Gasteiger partial charge on any atom is -0.363 e. The maximum Gasteiger partial charge on any atom is 0.248 e. The topological polar surface area (TPSA) is 253 Å². The van der Waals surface area contributed by atoms with E-state index < -0.39 is 36.4 Å². The average molecular weight is 963 g/mol. The molecule has 2 saturated heterocycles. The largest absolute Gasteiger partial charge is 0.363 e. The van der Waals surface area contributed by atoms with E-state index in [1.54, 1.807) is 61.0 Å². The monoisotopic (exact) mass is 963 g/mol. The fraction of sp³-hybridized carbons (Fsp3) is 0.542. The van der Waals surface area contributed by atoms with Crippen LogP contribution in [0.2, 0.25) is 0 Å². The molecule has 4 aromatic rings. The number of carbonyl (C=O) groups excluding carboxylic acids is 4. The van der Waals surface area contributed by atoms with Crippen LogP contribution in [0.1, 0.15) is 64.5 Å². The Morgan fingerprint density at radius 3 is 1.41 bits per heavy atom. The van der Waals surface area contributed by atoms with E-state index in [-0.39, 0.29) is 48.9 Å². The normalized spacial score (nSPS) is 18.0. The van der Waals surface area contributed by atoms with E-state index >= 15 is 0 Å². The number of hydrogen-bond acceptors (Lipinski definition) is 16. The predicted octanol–water partition coefficient (Wildman–Crippen LogP) is 0.568. The second kappa shape index (κ2) is 26.7. The molecule has 70 heavy (non-hydrogen) atoms. The zero-order valence-corrected chi connectivity index (χ0v) is 40.8. The van der Waals surface area contributed by atoms with Gasteiger partial charge >= 0.3 is 0 Å². The molecule has 22 nitrogen and oxygen atoms in total. The van der Waals surface area contributed by atoms with E-state index in [1.807, 2.05) is 60.7 Å². The summed E-state index contributed by atoms with van der Waals surface area (Å²) in [6.45, 7) is 9.51. The third-order valence-electron chi connectivity index (χ3n) is 12.5. The van der Waals surface area contributed by atoms with Crippen molar-refractivity contribution in [3.8, 4) is 23.7 Å². The van der Waals surface area contributed by atoms with Crippen molar-refractivity contribution in [2.24, 2.45) is 0 Å². The van der Waals surface area contributed by atoms with Crippen LogP contribution in [0.25, 0.3) is 0 Å². The molecule has 0 saturated carbocycles. The number of nitrogens with one attached hydrogen (secondary N) is 6. The van der Waals surface area contributed by atoms with Gasteiger partial charge in [0.1, 0.15) is 25.3 Å². The Kier molecular flexibility index (Phi) is 20.0. The highest BCUT2D eigenvalue weighted by molar-refractivity contribution is 5.91. The highest BCUT2D eigenvalue weighted by Gasteiger charge is 2.39. The van der Waals surface area contributed by atoms with Gasteiger partial charge in [0.05, 0.1) is 49.5 Å². The van der Waals surface area contributed by atoms with Gasteiger partial charge in [-0.3, -0.25) is 19.2 Å². The fourth-order valence-corrected chi connectivity index (χ4v) is 8.13. The molecule has 4 heterocycles. The minimum absolute atomic E-state index is 0.0721. The Balaban J connectivity index is 1.03. The lowest BCUT2D eigenvalue weighted by Gasteiger charge is -2.32. The summed E-state index contributed by atoms with van der Waals surface area (Å²) in [5.74, 6) is 10.9. The molecule has 0 bridgehead atoms. The summed E-state index contributed by atoms with van der Waals surface area (Å²) in [6, 6.07) is 16.2. The van der Waals surface area contributed by atoms with Crippen molar-refractivity contribution >= 4 is 35.5 Å². The van der Waals surface area contributed by atoms with Crippen LogP contribution in [0, 0.1) is 23.7 Å². The third kappa shape index (κ3) is 14.8. The summed E-state index contributed by atoms with van der Waals surface area (Å²) in [5, 5.41) is 42.6. The molecule has 2 aromatic heterocycles. The Morgan fingerprint density at radius 1 is 0.629 bits per heavy atom. The quantitative estimate of drug-likeness (QED) is 0.0525. The molecular weight excluding hydrogens is 897 g/mol. The molecule has 2 fully saturated rings. The zero-order valence-electron chi connectivity index (χ0n) is 40.8. The molecule has 4 amide bonds. The number of anilines is 2. The smallest absolute Gasteiger partial charge is 0.248 e. The molecule has 0 radical (unpaired) electrons. The van der Waals surface area contributed by atoms with Gasteiger partial charge in [-0.1, -0.05) is 82.7 Å². The van der Waals surface area contributed by atoms with Crippen LogP contribution in [0.5, 0.6) is 0 Å². The number of rotatable bonds is 24. The molecule has 374 valence electrons. The molecule has 0 aliphatic carbocycles. The summed E-state index contributed by atoms with van der Waals surface area (Å²) in [6.07, 6.45) is 1.52. The lowest BCUT2D eigenvalue weighted by atomic mass is 10.1. The van der Waals surface area contributed by atoms with Crippen LogP contribution < -0.4 is 31.9 Å². The van der Waals surface area contributed by atoms with Crippen LogP contribution in [0.15, 0.2) is 60.7 Å². The molecule has 6 N–H and O–H groups in total. The van der Waals surface area contributed by atoms with Crippen molar-refractivity contribution in [1.29, 1.82) is 0 Å². The first-order chi connectivity index (χ1) is 34.0. The van der Waals surface area contributed by atoms with Crippen LogP contribution in [-0.4, -0.2) is 163 Å². The van der Waals surface area contributed by atoms with Crippen molar-refractivity contribution in [2.75, 3.05) is 51.0 Å². The zero-order chi connectivity index (χ0) is 49.8. The van der Waals surface area contributed by atoms with Gasteiger partial charge in [-0.15, -0.1) is 0 Å². The van der Waals surface area contributed by atoms with Crippen molar-refractivity contribution in [1.82, 2.24) is 71.5 Å². The fourth-order valence-electron chi connectivity index (χ4n) is 8.13. The van der Waals surface area contributed by atoms with Crippen molar-refractivity contribution in [2.45, 2.75) is 128 Å². The van der Waals surface area contributed by atoms with Gasteiger partial charge in [-0.05, 0) is 111 Å². The molecule has 6 rings (SSSR count). The molecule has 2 aliphatic rings. The number of benzene rings is 2. The number of carbonyl (C=O) groups is 4. The molecule has 0 spiro atoms. The van der Waals surface area contributed by atoms with E-state index in [0.29, 0.717) is 51.2 Å². The third-order valence-corrected chi connectivity index (χ3v) is 12.5. The number of ether oxygens (including phenoxy) is 2. The van der Waals surface area contributed by atoms with Crippen LogP contribution >= 0.6 is 0 Å². The highest BCUT2D eigenvalue weighted by Crippen LogP contribution is 2.24. The first-order valence-electron chi connectivity index (χ1n) is 23.8. The average Bonchev–Trinajstić information content (AvgIpc) is 4.23. The van der Waals surface area contributed by atoms with Gasteiger partial charge in [-0.2, -0.15) is 0 Å². The standard InChI is InChI=1S/C48H66N16O6/c1-33(49-5)43(65)53-41(45(67)61-25-17-23-39(61)31-63-47(55-57-59-63)51-29-37-19-11-9-12-20-37)35(3)69-27-15-7-8-16-28-70-36(4)42(54-44(66)34(2)50-6)46(68)62-26-18-24-40(62)32-64-48(56-58-60-64)52-30-38-21-13-10-14-22-38/h9-14,19-22,33-36,39-42,49-50H,17-18,23-32H2,1-6H3,(H,53,65)(H,54,66)(H,51,55,59)(H,52,56,60)/t33-,34-,35+,36+,39-,40-,41-,42-/m0/s1. The Hall–Kier alpha value is -6.98. The van der Waals surface area contributed by atoms with Crippen LogP contribution in [0.4, 0.5) is 11.9 Å². The first-order valence-corrected chi connectivity index (χ1v) is 23.8. The van der Waals surface area contributed by atoms with Gasteiger partial charge in [0.25, 0.3) is 0 Å². The maximum atomic E-state index is 14.3. The van der Waals surface area contributed by atoms with Crippen LogP contribution in [-0.2, 0) is 54.8 Å². The number of likely N-dealkylation sites (tertiary alicyclic amines) is 2. The summed E-state index contributed by atoms with van der Waals surface area (Å²) >= 11 is 0. The Bertz CT molecular complexity index is 2260. The summed E-state index contributed by atoms with van der Waals surface area (Å²) in [4.78, 5) is 58.3. The number of tetrazole rings is 2. The van der Waals surface area contributed by atoms with Crippen molar-refractivity contribution < 1.29 is 28.7 Å². The number of likely N-dealkylation sites (N-methyl/N-ethyl adjacent to an activating group) is 2. The van der Waals surface area contributed by atoms with Crippen LogP contribution in [0.3, 0.4) is 0 Å². The van der Waals surface area contributed by atoms with E-state index in [0.717, 1.165) is 36.8 Å².